The van der Waals surface area contributed by atoms with Gasteiger partial charge in [0.15, 0.2) is 0 Å². The van der Waals surface area contributed by atoms with Crippen LogP contribution in [0.1, 0.15) is 24.6 Å². The fourth-order valence-corrected chi connectivity index (χ4v) is 2.45. The molecule has 1 aliphatic rings. The monoisotopic (exact) mass is 244 g/mol. The Labute approximate surface area is 106 Å². The van der Waals surface area contributed by atoms with Gasteiger partial charge < -0.3 is 9.47 Å². The van der Waals surface area contributed by atoms with Gasteiger partial charge in [0.1, 0.15) is 12.2 Å². The molecule has 18 heavy (non-hydrogen) atoms. The van der Waals surface area contributed by atoms with E-state index in [0.29, 0.717) is 5.92 Å². The maximum Gasteiger partial charge on any atom is 0.225 e. The van der Waals surface area contributed by atoms with Crippen LogP contribution in [0.2, 0.25) is 0 Å². The normalized spacial score (nSPS) is 17.1. The molecule has 1 fully saturated rings. The molecule has 0 N–H and O–H groups in total. The predicted octanol–water partition coefficient (Wildman–Crippen LogP) is 0.989. The summed E-state index contributed by atoms with van der Waals surface area (Å²) in [5.74, 6) is 2.41. The third kappa shape index (κ3) is 2.05. The second-order valence-electron chi connectivity index (χ2n) is 4.61. The van der Waals surface area contributed by atoms with E-state index in [4.69, 9.17) is 0 Å². The van der Waals surface area contributed by atoms with Gasteiger partial charge in [-0.25, -0.2) is 9.97 Å². The number of anilines is 1. The minimum Gasteiger partial charge on any atom is -0.341 e. The maximum atomic E-state index is 4.29. The highest BCUT2D eigenvalue weighted by atomic mass is 15.3. The largest absolute Gasteiger partial charge is 0.341 e. The lowest BCUT2D eigenvalue weighted by atomic mass is 9.96. The van der Waals surface area contributed by atoms with Crippen molar-refractivity contribution in [2.75, 3.05) is 18.0 Å². The molecule has 0 radical (unpaired) electrons. The molecule has 0 aromatic carbocycles. The third-order valence-corrected chi connectivity index (χ3v) is 3.44. The molecule has 0 saturated carbocycles. The molecule has 94 valence electrons. The van der Waals surface area contributed by atoms with Crippen molar-refractivity contribution in [1.82, 2.24) is 24.7 Å². The van der Waals surface area contributed by atoms with Crippen molar-refractivity contribution in [3.05, 3.63) is 30.6 Å². The van der Waals surface area contributed by atoms with Crippen LogP contribution in [0.5, 0.6) is 0 Å². The Kier molecular flexibility index (Phi) is 2.92. The zero-order valence-electron chi connectivity index (χ0n) is 10.4. The van der Waals surface area contributed by atoms with Gasteiger partial charge in [-0.3, -0.25) is 0 Å². The maximum absolute atomic E-state index is 4.29. The van der Waals surface area contributed by atoms with E-state index < -0.39 is 0 Å². The van der Waals surface area contributed by atoms with Crippen molar-refractivity contribution in [2.45, 2.75) is 18.8 Å². The summed E-state index contributed by atoms with van der Waals surface area (Å²) >= 11 is 0. The van der Waals surface area contributed by atoms with E-state index in [1.165, 1.54) is 0 Å². The summed E-state index contributed by atoms with van der Waals surface area (Å²) in [7, 11) is 2.00. The number of aryl methyl sites for hydroxylation is 1. The molecule has 1 aliphatic heterocycles. The molecular formula is C12H16N6. The lowest BCUT2D eigenvalue weighted by Gasteiger charge is -2.31. The van der Waals surface area contributed by atoms with Gasteiger partial charge in [-0.05, 0) is 18.9 Å². The summed E-state index contributed by atoms with van der Waals surface area (Å²) in [5.41, 5.74) is 0. The van der Waals surface area contributed by atoms with Gasteiger partial charge in [0, 0.05) is 38.4 Å². The average Bonchev–Trinajstić information content (AvgIpc) is 2.86. The number of rotatable bonds is 2. The molecule has 1 saturated heterocycles. The molecule has 6 nitrogen and oxygen atoms in total. The zero-order valence-corrected chi connectivity index (χ0v) is 10.4. The first-order chi connectivity index (χ1) is 8.84. The molecule has 3 rings (SSSR count). The van der Waals surface area contributed by atoms with Crippen LogP contribution < -0.4 is 4.90 Å². The Morgan fingerprint density at radius 2 is 1.89 bits per heavy atom. The quantitative estimate of drug-likeness (QED) is 0.788. The van der Waals surface area contributed by atoms with Gasteiger partial charge in [0.25, 0.3) is 0 Å². The van der Waals surface area contributed by atoms with Gasteiger partial charge in [0.05, 0.1) is 0 Å². The Morgan fingerprint density at radius 3 is 2.50 bits per heavy atom. The molecule has 0 amide bonds. The fourth-order valence-electron chi connectivity index (χ4n) is 2.45. The van der Waals surface area contributed by atoms with Crippen molar-refractivity contribution < 1.29 is 0 Å². The van der Waals surface area contributed by atoms with Crippen LogP contribution >= 0.6 is 0 Å². The van der Waals surface area contributed by atoms with Gasteiger partial charge in [-0.2, -0.15) is 0 Å². The van der Waals surface area contributed by atoms with Crippen molar-refractivity contribution in [3.8, 4) is 0 Å². The molecule has 0 unspecified atom stereocenters. The molecule has 2 aromatic rings. The van der Waals surface area contributed by atoms with Crippen LogP contribution in [0, 0.1) is 0 Å². The second-order valence-corrected chi connectivity index (χ2v) is 4.61. The molecule has 0 aliphatic carbocycles. The highest BCUT2D eigenvalue weighted by Gasteiger charge is 2.24. The van der Waals surface area contributed by atoms with Crippen molar-refractivity contribution >= 4 is 5.95 Å². The second kappa shape index (κ2) is 4.72. The van der Waals surface area contributed by atoms with Crippen molar-refractivity contribution in [2.24, 2.45) is 7.05 Å². The van der Waals surface area contributed by atoms with E-state index in [-0.39, 0.29) is 0 Å². The highest BCUT2D eigenvalue weighted by Crippen LogP contribution is 2.27. The van der Waals surface area contributed by atoms with Crippen LogP contribution in [0.4, 0.5) is 5.95 Å². The summed E-state index contributed by atoms with van der Waals surface area (Å²) in [6.07, 6.45) is 7.49. The molecular weight excluding hydrogens is 228 g/mol. The topological polar surface area (TPSA) is 59.7 Å². The number of piperidine rings is 1. The lowest BCUT2D eigenvalue weighted by Crippen LogP contribution is -2.34. The molecule has 0 spiro atoms. The molecule has 6 heteroatoms. The van der Waals surface area contributed by atoms with E-state index in [1.807, 2.05) is 17.7 Å². The van der Waals surface area contributed by atoms with Crippen LogP contribution in [0.3, 0.4) is 0 Å². The van der Waals surface area contributed by atoms with Crippen LogP contribution in [-0.4, -0.2) is 37.8 Å². The average molecular weight is 244 g/mol. The number of aromatic nitrogens is 5. The summed E-state index contributed by atoms with van der Waals surface area (Å²) in [4.78, 5) is 10.8. The lowest BCUT2D eigenvalue weighted by molar-refractivity contribution is 0.469. The van der Waals surface area contributed by atoms with Crippen molar-refractivity contribution in [1.29, 1.82) is 0 Å². The number of hydrogen-bond donors (Lipinski definition) is 0. The molecule has 0 atom stereocenters. The zero-order chi connectivity index (χ0) is 12.4. The SMILES string of the molecule is Cn1cnnc1C1CCN(c2ncccn2)CC1. The fraction of sp³-hybridized carbons (Fsp3) is 0.500. The Balaban J connectivity index is 1.67. The van der Waals surface area contributed by atoms with E-state index >= 15 is 0 Å². The molecule has 2 aromatic heterocycles. The van der Waals surface area contributed by atoms with Gasteiger partial charge in [-0.15, -0.1) is 10.2 Å². The van der Waals surface area contributed by atoms with Crippen molar-refractivity contribution in [3.63, 3.8) is 0 Å². The molecule has 3 heterocycles. The van der Waals surface area contributed by atoms with E-state index in [0.717, 1.165) is 37.7 Å². The summed E-state index contributed by atoms with van der Waals surface area (Å²) in [5, 5.41) is 8.15. The van der Waals surface area contributed by atoms with E-state index in [1.54, 1.807) is 18.7 Å². The molecule has 0 bridgehead atoms. The number of hydrogen-bond acceptors (Lipinski definition) is 5. The smallest absolute Gasteiger partial charge is 0.225 e. The Morgan fingerprint density at radius 1 is 1.17 bits per heavy atom. The standard InChI is InChI=1S/C12H16N6/c1-17-9-15-16-11(17)10-3-7-18(8-4-10)12-13-5-2-6-14-12/h2,5-6,9-10H,3-4,7-8H2,1H3. The van der Waals surface area contributed by atoms with Crippen LogP contribution in [-0.2, 0) is 7.05 Å². The summed E-state index contributed by atoms with van der Waals surface area (Å²) in [6.45, 7) is 1.95. The van der Waals surface area contributed by atoms with Crippen LogP contribution in [0.25, 0.3) is 0 Å². The third-order valence-electron chi connectivity index (χ3n) is 3.44. The Bertz CT molecular complexity index is 500. The highest BCUT2D eigenvalue weighted by molar-refractivity contribution is 5.29. The van der Waals surface area contributed by atoms with E-state index in [9.17, 15) is 0 Å². The minimum absolute atomic E-state index is 0.498. The van der Waals surface area contributed by atoms with Crippen LogP contribution in [0.15, 0.2) is 24.8 Å². The Hall–Kier alpha value is -1.98. The predicted molar refractivity (Wildman–Crippen MR) is 67.2 cm³/mol. The first-order valence-electron chi connectivity index (χ1n) is 6.20. The first kappa shape index (κ1) is 11.1. The number of nitrogens with zero attached hydrogens (tertiary/aromatic N) is 6. The summed E-state index contributed by atoms with van der Waals surface area (Å²) < 4.78 is 2.01. The first-order valence-corrected chi connectivity index (χ1v) is 6.20. The van der Waals surface area contributed by atoms with Gasteiger partial charge >= 0.3 is 0 Å². The van der Waals surface area contributed by atoms with Gasteiger partial charge in [0.2, 0.25) is 5.95 Å². The van der Waals surface area contributed by atoms with Gasteiger partial charge in [-0.1, -0.05) is 0 Å². The summed E-state index contributed by atoms with van der Waals surface area (Å²) in [6, 6.07) is 1.84. The minimum atomic E-state index is 0.498. The van der Waals surface area contributed by atoms with E-state index in [2.05, 4.69) is 25.1 Å².